The second-order valence-electron chi connectivity index (χ2n) is 6.63. The second-order valence-corrected chi connectivity index (χ2v) is 19.3. The van der Waals surface area contributed by atoms with E-state index in [4.69, 9.17) is 52.5 Å². The van der Waals surface area contributed by atoms with E-state index in [0.29, 0.717) is 0 Å². The minimum Gasteiger partial charge on any atom is -0.458 e. The minimum absolute atomic E-state index is 0.157. The number of hydrogen-bond acceptors (Lipinski definition) is 13. The van der Waals surface area contributed by atoms with Crippen molar-refractivity contribution in [3.05, 3.63) is 62.1 Å². The molecule has 0 aliphatic heterocycles. The Kier molecular flexibility index (Phi) is 24.4. The molecular formula is C21H46O13Si5. The maximum absolute atomic E-state index is 12.1. The summed E-state index contributed by atoms with van der Waals surface area (Å²) in [6.07, 6.45) is -0.474. The van der Waals surface area contributed by atoms with E-state index >= 15 is 0 Å². The van der Waals surface area contributed by atoms with Crippen LogP contribution in [0, 0.1) is 0 Å². The molecule has 1 atom stereocenters. The van der Waals surface area contributed by atoms with Crippen molar-refractivity contribution in [2.75, 3.05) is 63.1 Å². The van der Waals surface area contributed by atoms with Gasteiger partial charge in [-0.3, -0.25) is 0 Å². The summed E-state index contributed by atoms with van der Waals surface area (Å²) in [5, 5.41) is 0. The molecule has 228 valence electrons. The van der Waals surface area contributed by atoms with E-state index in [-0.39, 0.29) is 15.3 Å². The molecule has 0 bridgehead atoms. The lowest BCUT2D eigenvalue weighted by Crippen LogP contribution is -2.68. The number of carbonyl (C=O) groups is 1. The first-order chi connectivity index (χ1) is 18.4. The zero-order valence-corrected chi connectivity index (χ0v) is 30.1. The Morgan fingerprint density at radius 2 is 1.15 bits per heavy atom. The summed E-state index contributed by atoms with van der Waals surface area (Å²) in [5.74, 6) is -0.696. The Bertz CT molecular complexity index is 731. The van der Waals surface area contributed by atoms with Gasteiger partial charge >= 0.3 is 41.4 Å². The summed E-state index contributed by atoms with van der Waals surface area (Å²) in [6, 6.07) is 0. The van der Waals surface area contributed by atoms with Gasteiger partial charge in [0, 0.05) is 62.5 Å². The lowest BCUT2D eigenvalue weighted by atomic mass is 10.4. The lowest BCUT2D eigenvalue weighted by molar-refractivity contribution is -0.138. The van der Waals surface area contributed by atoms with Crippen LogP contribution in [0.2, 0.25) is 0 Å². The molecule has 0 aromatic heterocycles. The minimum atomic E-state index is -4.12. The SMILES string of the molecule is C=C.C=C[SiH2]OC.C=C[Si](OC)(OC)O[Si](COC(=O)C(=C)C)(OC)O[Si](OC)(OC)O[Si](C=C)(OC)OC. The summed E-state index contributed by atoms with van der Waals surface area (Å²) >= 11 is 0. The van der Waals surface area contributed by atoms with Crippen LogP contribution in [0.4, 0.5) is 0 Å². The predicted octanol–water partition coefficient (Wildman–Crippen LogP) is 1.58. The van der Waals surface area contributed by atoms with E-state index in [1.165, 1.54) is 68.1 Å². The molecule has 0 fully saturated rings. The van der Waals surface area contributed by atoms with Crippen LogP contribution >= 0.6 is 0 Å². The van der Waals surface area contributed by atoms with Crippen molar-refractivity contribution in [3.8, 4) is 0 Å². The standard InChI is InChI=1S/C16H34O12Si4.C3H8OSi.C2H4/c1-12-29(18-5,19-6)26-31(22-9,14-25-16(17)15(3)4)28-32(23-10,24-11)27-30(13-2,20-7)21-8;1-3-5-4-2;1-2/h12-13H,1-3,14H2,4-11H3;3H,1,5H2,2H3;1-2H2. The van der Waals surface area contributed by atoms with Crippen LogP contribution in [-0.2, 0) is 57.3 Å². The van der Waals surface area contributed by atoms with Crippen molar-refractivity contribution in [1.29, 1.82) is 0 Å². The van der Waals surface area contributed by atoms with Gasteiger partial charge in [0.05, 0.1) is 0 Å². The first-order valence-corrected chi connectivity index (χ1v) is 19.6. The molecule has 18 heteroatoms. The number of ether oxygens (including phenoxy) is 1. The van der Waals surface area contributed by atoms with Crippen LogP contribution in [0.5, 0.6) is 0 Å². The lowest BCUT2D eigenvalue weighted by Gasteiger charge is -2.40. The molecule has 39 heavy (non-hydrogen) atoms. The first-order valence-electron chi connectivity index (χ1n) is 11.1. The fraction of sp³-hybridized carbons (Fsp3) is 0.476. The fourth-order valence-corrected chi connectivity index (χ4v) is 14.3. The van der Waals surface area contributed by atoms with E-state index in [2.05, 4.69) is 39.5 Å². The van der Waals surface area contributed by atoms with Gasteiger partial charge in [-0.2, -0.15) is 0 Å². The van der Waals surface area contributed by atoms with Gasteiger partial charge in [-0.1, -0.05) is 25.4 Å². The van der Waals surface area contributed by atoms with E-state index in [0.717, 1.165) is 0 Å². The highest BCUT2D eigenvalue weighted by molar-refractivity contribution is 6.83. The molecule has 0 heterocycles. The maximum Gasteiger partial charge on any atom is 0.664 e. The zero-order chi connectivity index (χ0) is 31.2. The van der Waals surface area contributed by atoms with Crippen LogP contribution in [0.3, 0.4) is 0 Å². The van der Waals surface area contributed by atoms with Gasteiger partial charge in [0.1, 0.15) is 0 Å². The highest BCUT2D eigenvalue weighted by atomic mass is 28.5. The molecule has 1 unspecified atom stereocenters. The third-order valence-electron chi connectivity index (χ3n) is 4.31. The van der Waals surface area contributed by atoms with E-state index in [9.17, 15) is 4.79 Å². The Labute approximate surface area is 240 Å². The molecule has 0 rings (SSSR count). The molecule has 0 radical (unpaired) electrons. The molecule has 0 spiro atoms. The van der Waals surface area contributed by atoms with Gasteiger partial charge < -0.3 is 52.5 Å². The number of carbonyl (C=O) groups excluding carboxylic acids is 1. The van der Waals surface area contributed by atoms with Gasteiger partial charge in [-0.25, -0.2) is 4.79 Å². The Morgan fingerprint density at radius 1 is 0.718 bits per heavy atom. The van der Waals surface area contributed by atoms with Crippen molar-refractivity contribution in [2.24, 2.45) is 0 Å². The second kappa shape index (κ2) is 22.5. The van der Waals surface area contributed by atoms with Crippen molar-refractivity contribution in [1.82, 2.24) is 0 Å². The van der Waals surface area contributed by atoms with Crippen molar-refractivity contribution >= 4 is 51.2 Å². The molecule has 0 N–H and O–H groups in total. The summed E-state index contributed by atoms with van der Waals surface area (Å²) in [4.78, 5) is 12.1. The molecule has 0 aromatic carbocycles. The Balaban J connectivity index is -0.00000165. The number of esters is 1. The average molecular weight is 647 g/mol. The quantitative estimate of drug-likeness (QED) is 0.0823. The molecular weight excluding hydrogens is 601 g/mol. The number of hydrogen-bond donors (Lipinski definition) is 0. The fourth-order valence-electron chi connectivity index (χ4n) is 2.22. The zero-order valence-electron chi connectivity index (χ0n) is 24.7. The summed E-state index contributed by atoms with van der Waals surface area (Å²) in [7, 11) is -4.45. The highest BCUT2D eigenvalue weighted by Crippen LogP contribution is 2.27. The third kappa shape index (κ3) is 14.3. The molecule has 0 aromatic rings. The molecule has 0 aliphatic carbocycles. The Hall–Kier alpha value is -1.19. The van der Waals surface area contributed by atoms with Crippen LogP contribution in [-0.4, -0.2) is 114 Å². The monoisotopic (exact) mass is 646 g/mol. The Morgan fingerprint density at radius 3 is 1.41 bits per heavy atom. The van der Waals surface area contributed by atoms with Gasteiger partial charge in [0.2, 0.25) is 0 Å². The molecule has 0 aliphatic rings. The van der Waals surface area contributed by atoms with Crippen LogP contribution in [0.15, 0.2) is 62.1 Å². The van der Waals surface area contributed by atoms with E-state index < -0.39 is 47.7 Å². The smallest absolute Gasteiger partial charge is 0.458 e. The maximum atomic E-state index is 12.1. The first kappa shape index (κ1) is 42.3. The van der Waals surface area contributed by atoms with Gasteiger partial charge in [-0.15, -0.1) is 19.7 Å². The normalized spacial score (nSPS) is 13.3. The van der Waals surface area contributed by atoms with Crippen LogP contribution < -0.4 is 0 Å². The average Bonchev–Trinajstić information content (AvgIpc) is 2.98. The molecule has 0 saturated heterocycles. The molecule has 0 amide bonds. The van der Waals surface area contributed by atoms with Gasteiger partial charge in [0.25, 0.3) is 0 Å². The van der Waals surface area contributed by atoms with Crippen LogP contribution in [0.1, 0.15) is 6.92 Å². The van der Waals surface area contributed by atoms with E-state index in [1.54, 1.807) is 7.11 Å². The van der Waals surface area contributed by atoms with Crippen molar-refractivity contribution < 1.29 is 57.3 Å². The van der Waals surface area contributed by atoms with E-state index in [1.807, 2.05) is 5.70 Å². The number of rotatable bonds is 20. The predicted molar refractivity (Wildman–Crippen MR) is 159 cm³/mol. The van der Waals surface area contributed by atoms with Crippen LogP contribution in [0.25, 0.3) is 0 Å². The van der Waals surface area contributed by atoms with Crippen molar-refractivity contribution in [3.63, 3.8) is 0 Å². The molecule has 13 nitrogen and oxygen atoms in total. The molecule has 0 saturated carbocycles. The third-order valence-corrected chi connectivity index (χ3v) is 17.0. The summed E-state index contributed by atoms with van der Waals surface area (Å²) in [5.41, 5.74) is 4.72. The summed E-state index contributed by atoms with van der Waals surface area (Å²) in [6.45, 7) is 21.9. The van der Waals surface area contributed by atoms with Gasteiger partial charge in [-0.05, 0) is 18.3 Å². The summed E-state index contributed by atoms with van der Waals surface area (Å²) < 4.78 is 66.5. The van der Waals surface area contributed by atoms with Gasteiger partial charge in [0.15, 0.2) is 16.0 Å². The largest absolute Gasteiger partial charge is 0.664 e. The topological polar surface area (TPSA) is 128 Å². The highest BCUT2D eigenvalue weighted by Gasteiger charge is 2.63. The van der Waals surface area contributed by atoms with Crippen molar-refractivity contribution in [2.45, 2.75) is 6.92 Å².